The van der Waals surface area contributed by atoms with E-state index in [0.717, 1.165) is 12.9 Å². The van der Waals surface area contributed by atoms with Crippen LogP contribution in [0.1, 0.15) is 6.92 Å². The first kappa shape index (κ1) is 9.24. The first-order valence-corrected chi connectivity index (χ1v) is 2.64. The van der Waals surface area contributed by atoms with Gasteiger partial charge in [0.15, 0.2) is 0 Å². The Morgan fingerprint density at radius 3 is 2.18 bits per heavy atom. The summed E-state index contributed by atoms with van der Waals surface area (Å²) in [7, 11) is 0. The summed E-state index contributed by atoms with van der Waals surface area (Å²) in [6, 6.07) is 0. The van der Waals surface area contributed by atoms with Gasteiger partial charge in [-0.2, -0.15) is 0 Å². The summed E-state index contributed by atoms with van der Waals surface area (Å²) in [5.41, 5.74) is -0.346. The molecule has 11 heavy (non-hydrogen) atoms. The van der Waals surface area contributed by atoms with Gasteiger partial charge in [-0.25, -0.2) is 9.59 Å². The lowest BCUT2D eigenvalue weighted by molar-refractivity contribution is -0.131. The molecule has 56 valence electrons. The van der Waals surface area contributed by atoms with Gasteiger partial charge in [-0.05, 0) is 6.92 Å². The van der Waals surface area contributed by atoms with E-state index in [2.05, 4.69) is 0 Å². The van der Waals surface area contributed by atoms with Crippen molar-refractivity contribution in [1.82, 2.24) is 0 Å². The molecule has 0 aliphatic carbocycles. The maximum absolute atomic E-state index is 10.6. The van der Waals surface area contributed by atoms with Gasteiger partial charge in [-0.1, -0.05) is 0 Å². The normalized spacial score (nSPS) is 7.36. The first-order valence-electron chi connectivity index (χ1n) is 2.64. The molecular weight excluding hydrogens is 148 g/mol. The highest BCUT2D eigenvalue weighted by molar-refractivity contribution is 6.49. The topological polar surface area (TPSA) is 68.3 Å². The molecule has 0 heterocycles. The standard InChI is InChI=1S/C7H4O4/c1-5(4-9)7(11)6(10)2-3-8/h2H,1H3. The van der Waals surface area contributed by atoms with Gasteiger partial charge in [0.2, 0.25) is 11.6 Å². The van der Waals surface area contributed by atoms with Gasteiger partial charge in [0.1, 0.15) is 11.9 Å². The Morgan fingerprint density at radius 2 is 1.82 bits per heavy atom. The van der Waals surface area contributed by atoms with Crippen LogP contribution in [-0.4, -0.2) is 23.4 Å². The molecular formula is C7H4O4. The predicted molar refractivity (Wildman–Crippen MR) is 35.2 cm³/mol. The number of hydrogen-bond acceptors (Lipinski definition) is 4. The molecule has 0 aromatic heterocycles. The van der Waals surface area contributed by atoms with E-state index in [-0.39, 0.29) is 5.57 Å². The number of rotatable bonds is 3. The van der Waals surface area contributed by atoms with Gasteiger partial charge in [-0.3, -0.25) is 9.59 Å². The average molecular weight is 152 g/mol. The Morgan fingerprint density at radius 1 is 1.27 bits per heavy atom. The zero-order chi connectivity index (χ0) is 8.85. The van der Waals surface area contributed by atoms with Gasteiger partial charge in [0, 0.05) is 0 Å². The van der Waals surface area contributed by atoms with Crippen molar-refractivity contribution in [3.05, 3.63) is 11.6 Å². The molecule has 0 aliphatic heterocycles. The third-order valence-corrected chi connectivity index (χ3v) is 0.907. The molecule has 0 atom stereocenters. The number of hydrogen-bond donors (Lipinski definition) is 0. The van der Waals surface area contributed by atoms with Gasteiger partial charge < -0.3 is 0 Å². The van der Waals surface area contributed by atoms with Gasteiger partial charge in [0.25, 0.3) is 0 Å². The number of Topliss-reactive ketones (excluding diaryl/α,β-unsaturated/α-hetero) is 1. The predicted octanol–water partition coefficient (Wildman–Crippen LogP) is -0.710. The monoisotopic (exact) mass is 152 g/mol. The van der Waals surface area contributed by atoms with Crippen LogP contribution in [0.2, 0.25) is 0 Å². The molecule has 0 radical (unpaired) electrons. The van der Waals surface area contributed by atoms with Crippen LogP contribution in [0.15, 0.2) is 11.6 Å². The molecule has 0 fully saturated rings. The van der Waals surface area contributed by atoms with Crippen LogP contribution in [-0.2, 0) is 19.2 Å². The van der Waals surface area contributed by atoms with Crippen molar-refractivity contribution in [2.24, 2.45) is 0 Å². The Balaban J connectivity index is 4.65. The molecule has 0 aromatic carbocycles. The van der Waals surface area contributed by atoms with Gasteiger partial charge >= 0.3 is 0 Å². The Kier molecular flexibility index (Phi) is 3.46. The van der Waals surface area contributed by atoms with E-state index < -0.39 is 11.6 Å². The molecule has 0 unspecified atom stereocenters. The fourth-order valence-electron chi connectivity index (χ4n) is 0.350. The molecule has 0 bridgehead atoms. The smallest absolute Gasteiger partial charge is 0.240 e. The van der Waals surface area contributed by atoms with Crippen LogP contribution in [0.5, 0.6) is 0 Å². The molecule has 0 aliphatic rings. The highest BCUT2D eigenvalue weighted by Gasteiger charge is 2.13. The van der Waals surface area contributed by atoms with E-state index >= 15 is 0 Å². The largest absolute Gasteiger partial charge is 0.285 e. The van der Waals surface area contributed by atoms with Gasteiger partial charge in [0.05, 0.1) is 11.6 Å². The molecule has 0 aromatic rings. The Hall–Kier alpha value is -1.76. The molecule has 0 amide bonds. The molecule has 0 saturated carbocycles. The fraction of sp³-hybridized carbons (Fsp3) is 0.143. The summed E-state index contributed by atoms with van der Waals surface area (Å²) < 4.78 is 0. The van der Waals surface area contributed by atoms with E-state index in [1.54, 1.807) is 0 Å². The molecule has 4 heteroatoms. The lowest BCUT2D eigenvalue weighted by Gasteiger charge is -1.85. The summed E-state index contributed by atoms with van der Waals surface area (Å²) >= 11 is 0. The third kappa shape index (κ3) is 2.54. The number of carbonyl (C=O) groups excluding carboxylic acids is 4. The highest BCUT2D eigenvalue weighted by atomic mass is 16.2. The summed E-state index contributed by atoms with van der Waals surface area (Å²) in [5, 5.41) is 0. The molecule has 0 N–H and O–H groups in total. The lowest BCUT2D eigenvalue weighted by atomic mass is 10.1. The zero-order valence-corrected chi connectivity index (χ0v) is 5.71. The second-order valence-corrected chi connectivity index (χ2v) is 1.68. The first-order chi connectivity index (χ1) is 5.13. The maximum atomic E-state index is 10.6. The fourth-order valence-corrected chi connectivity index (χ4v) is 0.350. The summed E-state index contributed by atoms with van der Waals surface area (Å²) in [6.07, 6.45) is 0.434. The average Bonchev–Trinajstić information content (AvgIpc) is 2.02. The van der Waals surface area contributed by atoms with Crippen molar-refractivity contribution in [1.29, 1.82) is 0 Å². The number of ketones is 2. The zero-order valence-electron chi connectivity index (χ0n) is 5.71. The highest BCUT2D eigenvalue weighted by Crippen LogP contribution is 1.89. The minimum Gasteiger partial charge on any atom is -0.285 e. The van der Waals surface area contributed by atoms with Crippen molar-refractivity contribution in [3.8, 4) is 0 Å². The molecule has 0 rings (SSSR count). The van der Waals surface area contributed by atoms with Crippen LogP contribution >= 0.6 is 0 Å². The Bertz CT molecular complexity index is 288. The molecule has 4 nitrogen and oxygen atoms in total. The summed E-state index contributed by atoms with van der Waals surface area (Å²) in [6.45, 7) is 1.14. The van der Waals surface area contributed by atoms with Crippen molar-refractivity contribution in [2.45, 2.75) is 6.92 Å². The molecule has 0 spiro atoms. The maximum Gasteiger partial charge on any atom is 0.240 e. The van der Waals surface area contributed by atoms with E-state index in [1.165, 1.54) is 5.94 Å². The minimum atomic E-state index is -1.05. The van der Waals surface area contributed by atoms with E-state index in [1.807, 2.05) is 0 Å². The lowest BCUT2D eigenvalue weighted by Crippen LogP contribution is -2.12. The van der Waals surface area contributed by atoms with Crippen molar-refractivity contribution >= 4 is 23.4 Å². The molecule has 0 saturated heterocycles. The quantitative estimate of drug-likeness (QED) is 0.304. The second kappa shape index (κ2) is 4.12. The third-order valence-electron chi connectivity index (χ3n) is 0.907. The van der Waals surface area contributed by atoms with Gasteiger partial charge in [-0.15, -0.1) is 0 Å². The Labute approximate surface area is 62.2 Å². The number of carbonyl (C=O) groups is 2. The van der Waals surface area contributed by atoms with E-state index in [0.29, 0.717) is 6.08 Å². The summed E-state index contributed by atoms with van der Waals surface area (Å²) in [5.74, 6) is 0.310. The SMILES string of the molecule is CC(=C=O)C(=O)C(=O)C=C=O. The van der Waals surface area contributed by atoms with E-state index in [4.69, 9.17) is 0 Å². The summed E-state index contributed by atoms with van der Waals surface area (Å²) in [4.78, 5) is 40.5. The van der Waals surface area contributed by atoms with Crippen molar-refractivity contribution in [2.75, 3.05) is 0 Å². The van der Waals surface area contributed by atoms with Crippen LogP contribution < -0.4 is 0 Å². The van der Waals surface area contributed by atoms with Crippen LogP contribution in [0.25, 0.3) is 0 Å². The van der Waals surface area contributed by atoms with Crippen LogP contribution in [0, 0.1) is 0 Å². The van der Waals surface area contributed by atoms with E-state index in [9.17, 15) is 19.2 Å². The second-order valence-electron chi connectivity index (χ2n) is 1.68. The van der Waals surface area contributed by atoms with Crippen molar-refractivity contribution in [3.63, 3.8) is 0 Å². The number of allylic oxidation sites excluding steroid dienone is 2. The van der Waals surface area contributed by atoms with Crippen LogP contribution in [0.3, 0.4) is 0 Å². The van der Waals surface area contributed by atoms with Crippen molar-refractivity contribution < 1.29 is 19.2 Å². The minimum absolute atomic E-state index is 0.346. The van der Waals surface area contributed by atoms with Crippen LogP contribution in [0.4, 0.5) is 0 Å².